The van der Waals surface area contributed by atoms with Crippen LogP contribution in [0.1, 0.15) is 36.8 Å². The molecule has 0 saturated heterocycles. The van der Waals surface area contributed by atoms with Gasteiger partial charge in [0.1, 0.15) is 11.6 Å². The van der Waals surface area contributed by atoms with Gasteiger partial charge in [0.05, 0.1) is 41.5 Å². The van der Waals surface area contributed by atoms with Crippen molar-refractivity contribution in [3.63, 3.8) is 0 Å². The number of hydrogen-bond donors (Lipinski definition) is 3. The summed E-state index contributed by atoms with van der Waals surface area (Å²) in [7, 11) is 1.47. The van der Waals surface area contributed by atoms with Crippen molar-refractivity contribution in [2.75, 3.05) is 12.4 Å². The summed E-state index contributed by atoms with van der Waals surface area (Å²) in [6.45, 7) is 2.29. The first-order chi connectivity index (χ1) is 17.4. The normalized spacial score (nSPS) is 22.2. The molecule has 36 heavy (non-hydrogen) atoms. The molecule has 1 aromatic carbocycles. The van der Waals surface area contributed by atoms with Crippen LogP contribution in [-0.2, 0) is 11.3 Å². The van der Waals surface area contributed by atoms with Crippen molar-refractivity contribution >= 4 is 29.8 Å². The van der Waals surface area contributed by atoms with Crippen LogP contribution < -0.4 is 11.1 Å². The summed E-state index contributed by atoms with van der Waals surface area (Å²) in [6, 6.07) is 7.81. The maximum Gasteiger partial charge on any atom is 0.229 e. The second kappa shape index (κ2) is 10.1. The Bertz CT molecular complexity index is 1360. The third-order valence-corrected chi connectivity index (χ3v) is 7.72. The minimum absolute atomic E-state index is 0.000325. The van der Waals surface area contributed by atoms with Crippen molar-refractivity contribution in [2.45, 2.75) is 43.6 Å². The van der Waals surface area contributed by atoms with Gasteiger partial charge in [-0.15, -0.1) is 0 Å². The van der Waals surface area contributed by atoms with E-state index in [4.69, 9.17) is 10.5 Å². The number of hydrogen-bond acceptors (Lipinski definition) is 7. The van der Waals surface area contributed by atoms with Crippen LogP contribution in [0.3, 0.4) is 0 Å². The molecule has 0 spiro atoms. The van der Waals surface area contributed by atoms with E-state index in [-0.39, 0.29) is 35.1 Å². The highest BCUT2D eigenvalue weighted by molar-refractivity contribution is 7.81. The monoisotopic (exact) mass is 510 g/mol. The van der Waals surface area contributed by atoms with Crippen LogP contribution in [0.25, 0.3) is 16.8 Å². The van der Waals surface area contributed by atoms with Crippen molar-refractivity contribution in [3.05, 3.63) is 71.7 Å². The number of aromatic nitrogens is 4. The molecule has 1 saturated carbocycles. The SMILES string of the molecule is COCc1cc(F)c(-c2ccc3cnc(Nc4cnccc4C4CC(C)C(S)C(N)C4)n3n2)c(F)c1. The Hall–Kier alpha value is -3.08. The van der Waals surface area contributed by atoms with Gasteiger partial charge >= 0.3 is 0 Å². The number of nitrogens with zero attached hydrogens (tertiary/aromatic N) is 4. The van der Waals surface area contributed by atoms with Crippen LogP contribution >= 0.6 is 12.6 Å². The number of anilines is 2. The summed E-state index contributed by atoms with van der Waals surface area (Å²) in [5.41, 5.74) is 9.29. The maximum absolute atomic E-state index is 14.8. The molecule has 4 aromatic rings. The van der Waals surface area contributed by atoms with Crippen molar-refractivity contribution in [1.82, 2.24) is 19.6 Å². The highest BCUT2D eigenvalue weighted by atomic mass is 32.1. The van der Waals surface area contributed by atoms with Crippen LogP contribution in [0.5, 0.6) is 0 Å². The van der Waals surface area contributed by atoms with Gasteiger partial charge in [-0.1, -0.05) is 6.92 Å². The zero-order chi connectivity index (χ0) is 25.4. The minimum atomic E-state index is -0.705. The van der Waals surface area contributed by atoms with E-state index in [0.717, 1.165) is 24.1 Å². The van der Waals surface area contributed by atoms with Crippen molar-refractivity contribution < 1.29 is 13.5 Å². The standard InChI is InChI=1S/C26H28F2N6OS/c1-14-7-16(10-21(29)25(14)36)18-5-6-30-12-23(18)32-26-31-11-17-3-4-22(33-34(17)26)24-19(27)8-15(13-35-2)9-20(24)28/h3-6,8-9,11-12,14,16,21,25,36H,7,10,13,29H2,1-2H3,(H,31,32). The molecule has 3 aromatic heterocycles. The molecule has 3 N–H and O–H groups in total. The van der Waals surface area contributed by atoms with E-state index in [0.29, 0.717) is 22.9 Å². The zero-order valence-corrected chi connectivity index (χ0v) is 20.9. The van der Waals surface area contributed by atoms with Gasteiger partial charge < -0.3 is 15.8 Å². The Balaban J connectivity index is 1.49. The fraction of sp³-hybridized carbons (Fsp3) is 0.346. The number of ether oxygens (including phenoxy) is 1. The van der Waals surface area contributed by atoms with Gasteiger partial charge in [0.15, 0.2) is 0 Å². The first-order valence-electron chi connectivity index (χ1n) is 11.8. The third kappa shape index (κ3) is 4.68. The fourth-order valence-corrected chi connectivity index (χ4v) is 5.28. The maximum atomic E-state index is 14.8. The number of nitrogens with one attached hydrogen (secondary N) is 1. The molecule has 188 valence electrons. The lowest BCUT2D eigenvalue weighted by Crippen LogP contribution is -2.41. The summed E-state index contributed by atoms with van der Waals surface area (Å²) >= 11 is 4.68. The molecule has 4 atom stereocenters. The van der Waals surface area contributed by atoms with Crippen LogP contribution in [0.4, 0.5) is 20.4 Å². The number of rotatable bonds is 6. The first-order valence-corrected chi connectivity index (χ1v) is 12.3. The van der Waals surface area contributed by atoms with E-state index in [1.54, 1.807) is 30.7 Å². The smallest absolute Gasteiger partial charge is 0.229 e. The number of nitrogens with two attached hydrogens (primary N) is 1. The van der Waals surface area contributed by atoms with Crippen LogP contribution in [-0.4, -0.2) is 38.0 Å². The molecule has 0 bridgehead atoms. The molecule has 1 aliphatic carbocycles. The minimum Gasteiger partial charge on any atom is -0.380 e. The number of methoxy groups -OCH3 is 1. The zero-order valence-electron chi connectivity index (χ0n) is 20.0. The van der Waals surface area contributed by atoms with Crippen molar-refractivity contribution in [3.8, 4) is 11.3 Å². The number of fused-ring (bicyclic) bond motifs is 1. The van der Waals surface area contributed by atoms with E-state index in [1.807, 2.05) is 6.07 Å². The lowest BCUT2D eigenvalue weighted by molar-refractivity contribution is 0.184. The quantitative estimate of drug-likeness (QED) is 0.313. The molecule has 5 rings (SSSR count). The molecule has 0 amide bonds. The average Bonchev–Trinajstić information content (AvgIpc) is 3.24. The van der Waals surface area contributed by atoms with Crippen LogP contribution in [0, 0.1) is 17.6 Å². The highest BCUT2D eigenvalue weighted by Gasteiger charge is 2.33. The number of benzene rings is 1. The predicted octanol–water partition coefficient (Wildman–Crippen LogP) is 5.10. The summed E-state index contributed by atoms with van der Waals surface area (Å²) in [6.07, 6.45) is 6.94. The molecule has 4 unspecified atom stereocenters. The van der Waals surface area contributed by atoms with Crippen molar-refractivity contribution in [2.24, 2.45) is 11.7 Å². The lowest BCUT2D eigenvalue weighted by Gasteiger charge is -2.37. The summed E-state index contributed by atoms with van der Waals surface area (Å²) in [4.78, 5) is 8.75. The molecule has 1 aliphatic rings. The third-order valence-electron chi connectivity index (χ3n) is 6.83. The Morgan fingerprint density at radius 2 is 1.94 bits per heavy atom. The molecular weight excluding hydrogens is 482 g/mol. The van der Waals surface area contributed by atoms with Crippen LogP contribution in [0.2, 0.25) is 0 Å². The summed E-state index contributed by atoms with van der Waals surface area (Å²) in [5.74, 6) is -0.378. The number of imidazole rings is 1. The van der Waals surface area contributed by atoms with Gasteiger partial charge in [0.25, 0.3) is 0 Å². The summed E-state index contributed by atoms with van der Waals surface area (Å²) in [5, 5.41) is 8.00. The molecule has 0 radical (unpaired) electrons. The van der Waals surface area contributed by atoms with E-state index >= 15 is 0 Å². The lowest BCUT2D eigenvalue weighted by atomic mass is 9.76. The van der Waals surface area contributed by atoms with Gasteiger partial charge in [0, 0.05) is 24.6 Å². The number of pyridine rings is 1. The highest BCUT2D eigenvalue weighted by Crippen LogP contribution is 2.40. The van der Waals surface area contributed by atoms with E-state index < -0.39 is 11.6 Å². The summed E-state index contributed by atoms with van der Waals surface area (Å²) < 4.78 is 36.2. The molecule has 7 nitrogen and oxygen atoms in total. The fourth-order valence-electron chi connectivity index (χ4n) is 5.04. The van der Waals surface area contributed by atoms with E-state index in [9.17, 15) is 8.78 Å². The van der Waals surface area contributed by atoms with E-state index in [2.05, 4.69) is 39.9 Å². The second-order valence-corrected chi connectivity index (χ2v) is 9.99. The largest absolute Gasteiger partial charge is 0.380 e. The van der Waals surface area contributed by atoms with Gasteiger partial charge in [-0.05, 0) is 66.1 Å². The van der Waals surface area contributed by atoms with Gasteiger partial charge in [-0.25, -0.2) is 13.8 Å². The molecule has 0 aliphatic heterocycles. The molecule has 10 heteroatoms. The predicted molar refractivity (Wildman–Crippen MR) is 138 cm³/mol. The van der Waals surface area contributed by atoms with E-state index in [1.165, 1.54) is 23.8 Å². The topological polar surface area (TPSA) is 90.4 Å². The van der Waals surface area contributed by atoms with Gasteiger partial charge in [0.2, 0.25) is 5.95 Å². The number of thiol groups is 1. The average molecular weight is 511 g/mol. The van der Waals surface area contributed by atoms with Gasteiger partial charge in [-0.3, -0.25) is 4.98 Å². The molecule has 3 heterocycles. The Kier molecular flexibility index (Phi) is 6.92. The Morgan fingerprint density at radius 1 is 1.17 bits per heavy atom. The second-order valence-electron chi connectivity index (χ2n) is 9.39. The first kappa shape index (κ1) is 24.6. The molecular formula is C26H28F2N6OS. The van der Waals surface area contributed by atoms with Crippen LogP contribution in [0.15, 0.2) is 48.9 Å². The Labute approximate surface area is 213 Å². The van der Waals surface area contributed by atoms with Gasteiger partial charge in [-0.2, -0.15) is 22.2 Å². The molecule has 1 fully saturated rings. The Morgan fingerprint density at radius 3 is 2.67 bits per heavy atom. The number of halogens is 2. The van der Waals surface area contributed by atoms with Crippen molar-refractivity contribution in [1.29, 1.82) is 0 Å².